The number of nitrogens with one attached hydrogen (secondary N) is 1. The van der Waals surface area contributed by atoms with Gasteiger partial charge >= 0.3 is 0 Å². The quantitative estimate of drug-likeness (QED) is 0.760. The van der Waals surface area contributed by atoms with E-state index in [9.17, 15) is 4.79 Å². The Morgan fingerprint density at radius 1 is 1.35 bits per heavy atom. The molecule has 1 rings (SSSR count). The second-order valence-corrected chi connectivity index (χ2v) is 5.01. The topological polar surface area (TPSA) is 73.6 Å². The van der Waals surface area contributed by atoms with Crippen LogP contribution in [0.3, 0.4) is 0 Å². The fourth-order valence-electron chi connectivity index (χ4n) is 1.65. The van der Waals surface area contributed by atoms with E-state index < -0.39 is 0 Å². The third-order valence-corrected chi connectivity index (χ3v) is 2.87. The lowest BCUT2D eigenvalue weighted by Gasteiger charge is -2.12. The van der Waals surface area contributed by atoms with Crippen molar-refractivity contribution in [3.63, 3.8) is 0 Å². The smallest absolute Gasteiger partial charge is 0.257 e. The lowest BCUT2D eigenvalue weighted by Crippen LogP contribution is -2.30. The minimum absolute atomic E-state index is 0.0174. The molecule has 0 radical (unpaired) electrons. The molecule has 0 unspecified atom stereocenters. The summed E-state index contributed by atoms with van der Waals surface area (Å²) in [5, 5.41) is 2.82. The van der Waals surface area contributed by atoms with Gasteiger partial charge in [-0.15, -0.1) is 0 Å². The molecule has 0 aliphatic carbocycles. The monoisotopic (exact) mass is 280 g/mol. The van der Waals surface area contributed by atoms with Crippen molar-refractivity contribution in [3.8, 4) is 11.5 Å². The Morgan fingerprint density at radius 2 is 2.10 bits per heavy atom. The summed E-state index contributed by atoms with van der Waals surface area (Å²) in [6, 6.07) is 5.43. The van der Waals surface area contributed by atoms with Crippen molar-refractivity contribution in [3.05, 3.63) is 23.8 Å². The van der Waals surface area contributed by atoms with Crippen LogP contribution in [0.15, 0.2) is 18.2 Å². The highest BCUT2D eigenvalue weighted by atomic mass is 16.5. The van der Waals surface area contributed by atoms with E-state index in [0.29, 0.717) is 30.5 Å². The summed E-state index contributed by atoms with van der Waals surface area (Å²) >= 11 is 0. The van der Waals surface area contributed by atoms with Gasteiger partial charge in [-0.1, -0.05) is 19.9 Å². The first kappa shape index (κ1) is 16.3. The van der Waals surface area contributed by atoms with Crippen molar-refractivity contribution in [2.75, 3.05) is 20.3 Å². The lowest BCUT2D eigenvalue weighted by molar-refractivity contribution is -0.123. The SMILES string of the molecule is COc1cc(CN)ccc1OCC(=O)NCCC(C)C. The van der Waals surface area contributed by atoms with E-state index in [1.165, 1.54) is 0 Å². The van der Waals surface area contributed by atoms with Crippen LogP contribution in [0.1, 0.15) is 25.8 Å². The molecule has 0 aliphatic heterocycles. The summed E-state index contributed by atoms with van der Waals surface area (Å²) in [4.78, 5) is 11.6. The lowest BCUT2D eigenvalue weighted by atomic mass is 10.1. The van der Waals surface area contributed by atoms with Crippen LogP contribution in [0, 0.1) is 5.92 Å². The molecule has 5 heteroatoms. The van der Waals surface area contributed by atoms with Crippen LogP contribution >= 0.6 is 0 Å². The van der Waals surface area contributed by atoms with Crippen molar-refractivity contribution in [2.45, 2.75) is 26.8 Å². The highest BCUT2D eigenvalue weighted by Crippen LogP contribution is 2.27. The molecular formula is C15H24N2O3. The zero-order chi connectivity index (χ0) is 15.0. The Balaban J connectivity index is 2.46. The molecule has 0 fully saturated rings. The van der Waals surface area contributed by atoms with Crippen molar-refractivity contribution >= 4 is 5.91 Å². The Bertz CT molecular complexity index is 433. The molecular weight excluding hydrogens is 256 g/mol. The molecule has 1 aromatic rings. The van der Waals surface area contributed by atoms with Crippen LogP contribution in [-0.2, 0) is 11.3 Å². The first-order valence-electron chi connectivity index (χ1n) is 6.83. The van der Waals surface area contributed by atoms with Crippen molar-refractivity contribution in [1.82, 2.24) is 5.32 Å². The maximum absolute atomic E-state index is 11.6. The molecule has 112 valence electrons. The van der Waals surface area contributed by atoms with Gasteiger partial charge in [-0.3, -0.25) is 4.79 Å². The number of ether oxygens (including phenoxy) is 2. The molecule has 0 atom stereocenters. The van der Waals surface area contributed by atoms with Crippen LogP contribution in [0.5, 0.6) is 11.5 Å². The molecule has 0 saturated carbocycles. The first-order chi connectivity index (χ1) is 9.56. The van der Waals surface area contributed by atoms with Crippen molar-refractivity contribution < 1.29 is 14.3 Å². The normalized spacial score (nSPS) is 10.4. The minimum atomic E-state index is -0.129. The van der Waals surface area contributed by atoms with Crippen LogP contribution in [-0.4, -0.2) is 26.2 Å². The summed E-state index contributed by atoms with van der Waals surface area (Å²) in [5.41, 5.74) is 6.52. The molecule has 0 bridgehead atoms. The van der Waals surface area contributed by atoms with Gasteiger partial charge < -0.3 is 20.5 Å². The summed E-state index contributed by atoms with van der Waals surface area (Å²) < 4.78 is 10.7. The highest BCUT2D eigenvalue weighted by Gasteiger charge is 2.08. The van der Waals surface area contributed by atoms with E-state index >= 15 is 0 Å². The van der Waals surface area contributed by atoms with Gasteiger partial charge in [-0.25, -0.2) is 0 Å². The average molecular weight is 280 g/mol. The number of carbonyl (C=O) groups excluding carboxylic acids is 1. The number of amides is 1. The van der Waals surface area contributed by atoms with Gasteiger partial charge in [0.2, 0.25) is 0 Å². The minimum Gasteiger partial charge on any atom is -0.493 e. The molecule has 1 amide bonds. The number of hydrogen-bond donors (Lipinski definition) is 2. The predicted molar refractivity (Wildman–Crippen MR) is 78.8 cm³/mol. The molecule has 20 heavy (non-hydrogen) atoms. The van der Waals surface area contributed by atoms with Gasteiger partial charge in [0, 0.05) is 13.1 Å². The van der Waals surface area contributed by atoms with Gasteiger partial charge in [0.15, 0.2) is 18.1 Å². The number of benzene rings is 1. The second kappa shape index (κ2) is 8.43. The van der Waals surface area contributed by atoms with Crippen LogP contribution in [0.2, 0.25) is 0 Å². The summed E-state index contributed by atoms with van der Waals surface area (Å²) in [6.07, 6.45) is 0.959. The third kappa shape index (κ3) is 5.48. The maximum Gasteiger partial charge on any atom is 0.257 e. The van der Waals surface area contributed by atoms with E-state index in [4.69, 9.17) is 15.2 Å². The van der Waals surface area contributed by atoms with Gasteiger partial charge in [-0.05, 0) is 30.0 Å². The molecule has 0 saturated heterocycles. The van der Waals surface area contributed by atoms with E-state index in [0.717, 1.165) is 12.0 Å². The summed E-state index contributed by atoms with van der Waals surface area (Å²) in [5.74, 6) is 1.57. The van der Waals surface area contributed by atoms with Crippen LogP contribution < -0.4 is 20.5 Å². The highest BCUT2D eigenvalue weighted by molar-refractivity contribution is 5.77. The average Bonchev–Trinajstić information content (AvgIpc) is 2.44. The number of methoxy groups -OCH3 is 1. The summed E-state index contributed by atoms with van der Waals surface area (Å²) in [6.45, 7) is 5.32. The Hall–Kier alpha value is -1.75. The fraction of sp³-hybridized carbons (Fsp3) is 0.533. The van der Waals surface area contributed by atoms with E-state index in [-0.39, 0.29) is 12.5 Å². The van der Waals surface area contributed by atoms with Gasteiger partial charge in [0.25, 0.3) is 5.91 Å². The molecule has 0 aromatic heterocycles. The van der Waals surface area contributed by atoms with E-state index in [1.807, 2.05) is 12.1 Å². The second-order valence-electron chi connectivity index (χ2n) is 5.01. The van der Waals surface area contributed by atoms with E-state index in [1.54, 1.807) is 13.2 Å². The van der Waals surface area contributed by atoms with Crippen LogP contribution in [0.25, 0.3) is 0 Å². The molecule has 0 aliphatic rings. The van der Waals surface area contributed by atoms with Crippen molar-refractivity contribution in [1.29, 1.82) is 0 Å². The zero-order valence-electron chi connectivity index (χ0n) is 12.4. The number of hydrogen-bond acceptors (Lipinski definition) is 4. The number of carbonyl (C=O) groups is 1. The molecule has 1 aromatic carbocycles. The standard InChI is InChI=1S/C15H24N2O3/c1-11(2)6-7-17-15(18)10-20-13-5-4-12(9-16)8-14(13)19-3/h4-5,8,11H,6-7,9-10,16H2,1-3H3,(H,17,18). The first-order valence-corrected chi connectivity index (χ1v) is 6.83. The molecule has 3 N–H and O–H groups in total. The summed E-state index contributed by atoms with van der Waals surface area (Å²) in [7, 11) is 1.56. The molecule has 5 nitrogen and oxygen atoms in total. The predicted octanol–water partition coefficient (Wildman–Crippen LogP) is 1.69. The Kier molecular flexibility index (Phi) is 6.87. The Morgan fingerprint density at radius 3 is 2.70 bits per heavy atom. The molecule has 0 spiro atoms. The zero-order valence-corrected chi connectivity index (χ0v) is 12.4. The van der Waals surface area contributed by atoms with Gasteiger partial charge in [0.1, 0.15) is 0 Å². The number of nitrogens with two attached hydrogens (primary N) is 1. The third-order valence-electron chi connectivity index (χ3n) is 2.87. The van der Waals surface area contributed by atoms with E-state index in [2.05, 4.69) is 19.2 Å². The van der Waals surface area contributed by atoms with Crippen molar-refractivity contribution in [2.24, 2.45) is 11.7 Å². The fourth-order valence-corrected chi connectivity index (χ4v) is 1.65. The van der Waals surface area contributed by atoms with Gasteiger partial charge in [-0.2, -0.15) is 0 Å². The Labute approximate surface area is 120 Å². The van der Waals surface area contributed by atoms with Crippen LogP contribution in [0.4, 0.5) is 0 Å². The maximum atomic E-state index is 11.6. The number of rotatable bonds is 8. The van der Waals surface area contributed by atoms with Gasteiger partial charge in [0.05, 0.1) is 7.11 Å². The molecule has 0 heterocycles. The largest absolute Gasteiger partial charge is 0.493 e.